The Labute approximate surface area is 122 Å². The van der Waals surface area contributed by atoms with Crippen molar-refractivity contribution in [1.29, 1.82) is 0 Å². The standard InChI is InChI=1S/C16H15N3S/c1-2-5-12(6-3-1)17-16-18-15-13(11-9-10-11)7-4-8-14(15)20-19-16/h1-8,11H,9-10H2,(H2,17,18,19). The van der Waals surface area contributed by atoms with Gasteiger partial charge in [-0.05, 0) is 54.5 Å². The molecule has 2 aromatic carbocycles. The number of nitrogens with zero attached hydrogens (tertiary/aromatic N) is 1. The van der Waals surface area contributed by atoms with E-state index >= 15 is 0 Å². The third-order valence-corrected chi connectivity index (χ3v) is 4.41. The molecular weight excluding hydrogens is 266 g/mol. The first kappa shape index (κ1) is 11.9. The van der Waals surface area contributed by atoms with Crippen LogP contribution in [0.3, 0.4) is 0 Å². The van der Waals surface area contributed by atoms with Crippen LogP contribution in [0.1, 0.15) is 24.3 Å². The Kier molecular flexibility index (Phi) is 2.89. The molecule has 1 aliphatic heterocycles. The summed E-state index contributed by atoms with van der Waals surface area (Å²) in [6.07, 6.45) is 2.59. The van der Waals surface area contributed by atoms with Crippen molar-refractivity contribution in [3.05, 3.63) is 54.1 Å². The Morgan fingerprint density at radius 2 is 1.90 bits per heavy atom. The molecule has 0 aromatic heterocycles. The Morgan fingerprint density at radius 1 is 1.05 bits per heavy atom. The molecule has 0 atom stereocenters. The zero-order valence-electron chi connectivity index (χ0n) is 11.0. The van der Waals surface area contributed by atoms with E-state index < -0.39 is 0 Å². The van der Waals surface area contributed by atoms with Gasteiger partial charge in [-0.3, -0.25) is 4.72 Å². The molecule has 1 saturated carbocycles. The molecule has 0 radical (unpaired) electrons. The van der Waals surface area contributed by atoms with Crippen LogP contribution in [0, 0.1) is 0 Å². The predicted octanol–water partition coefficient (Wildman–Crippen LogP) is 4.27. The van der Waals surface area contributed by atoms with Crippen LogP contribution >= 0.6 is 11.9 Å². The van der Waals surface area contributed by atoms with Crippen LogP contribution < -0.4 is 10.0 Å². The molecule has 0 spiro atoms. The number of hydrogen-bond donors (Lipinski definition) is 2. The van der Waals surface area contributed by atoms with Crippen LogP contribution in [0.15, 0.2) is 58.4 Å². The van der Waals surface area contributed by atoms with Gasteiger partial charge in [0, 0.05) is 5.69 Å². The van der Waals surface area contributed by atoms with Gasteiger partial charge in [0.05, 0.1) is 10.6 Å². The predicted molar refractivity (Wildman–Crippen MR) is 84.6 cm³/mol. The Hall–Kier alpha value is -1.94. The Bertz CT molecular complexity index is 663. The molecule has 0 bridgehead atoms. The maximum absolute atomic E-state index is 4.78. The van der Waals surface area contributed by atoms with Crippen molar-refractivity contribution >= 4 is 29.3 Å². The summed E-state index contributed by atoms with van der Waals surface area (Å²) in [7, 11) is 0. The maximum Gasteiger partial charge on any atom is 0.211 e. The van der Waals surface area contributed by atoms with E-state index in [9.17, 15) is 0 Å². The molecule has 1 fully saturated rings. The molecule has 20 heavy (non-hydrogen) atoms. The zero-order chi connectivity index (χ0) is 13.4. The van der Waals surface area contributed by atoms with Crippen LogP contribution in [0.5, 0.6) is 0 Å². The van der Waals surface area contributed by atoms with Gasteiger partial charge < -0.3 is 5.32 Å². The number of benzene rings is 2. The molecule has 2 N–H and O–H groups in total. The normalized spacial score (nSPS) is 16.9. The van der Waals surface area contributed by atoms with Gasteiger partial charge in [0.25, 0.3) is 0 Å². The van der Waals surface area contributed by atoms with Gasteiger partial charge in [0.1, 0.15) is 0 Å². The van der Waals surface area contributed by atoms with Crippen LogP contribution in [0.4, 0.5) is 11.4 Å². The summed E-state index contributed by atoms with van der Waals surface area (Å²) in [6, 6.07) is 16.6. The van der Waals surface area contributed by atoms with E-state index in [0.717, 1.165) is 17.3 Å². The van der Waals surface area contributed by atoms with E-state index in [4.69, 9.17) is 4.99 Å². The van der Waals surface area contributed by atoms with Crippen LogP contribution in [0.2, 0.25) is 0 Å². The molecule has 100 valence electrons. The molecule has 0 unspecified atom stereocenters. The number of aliphatic imine (C=N–C) groups is 1. The summed E-state index contributed by atoms with van der Waals surface area (Å²) in [5.41, 5.74) is 3.58. The van der Waals surface area contributed by atoms with Crippen LogP contribution in [-0.2, 0) is 0 Å². The second-order valence-electron chi connectivity index (χ2n) is 5.12. The van der Waals surface area contributed by atoms with Crippen molar-refractivity contribution in [2.24, 2.45) is 4.99 Å². The highest BCUT2D eigenvalue weighted by atomic mass is 32.2. The monoisotopic (exact) mass is 281 g/mol. The van der Waals surface area contributed by atoms with Crippen molar-refractivity contribution in [2.75, 3.05) is 5.32 Å². The van der Waals surface area contributed by atoms with Crippen LogP contribution in [-0.4, -0.2) is 5.96 Å². The molecule has 1 aliphatic carbocycles. The van der Waals surface area contributed by atoms with Gasteiger partial charge >= 0.3 is 0 Å². The van der Waals surface area contributed by atoms with E-state index in [1.165, 1.54) is 23.3 Å². The number of para-hydroxylation sites is 2. The number of fused-ring (bicyclic) bond motifs is 1. The van der Waals surface area contributed by atoms with Crippen LogP contribution in [0.25, 0.3) is 0 Å². The van der Waals surface area contributed by atoms with Crippen molar-refractivity contribution in [1.82, 2.24) is 4.72 Å². The fourth-order valence-electron chi connectivity index (χ4n) is 2.41. The second-order valence-corrected chi connectivity index (χ2v) is 5.97. The molecular formula is C16H15N3S. The van der Waals surface area contributed by atoms with Gasteiger partial charge in [-0.2, -0.15) is 0 Å². The largest absolute Gasteiger partial charge is 0.325 e. The first-order valence-electron chi connectivity index (χ1n) is 6.87. The third-order valence-electron chi connectivity index (χ3n) is 3.57. The number of nitrogens with one attached hydrogen (secondary N) is 2. The first-order valence-corrected chi connectivity index (χ1v) is 7.68. The molecule has 2 aromatic rings. The Balaban J connectivity index is 1.67. The summed E-state index contributed by atoms with van der Waals surface area (Å²) >= 11 is 1.63. The second kappa shape index (κ2) is 4.87. The summed E-state index contributed by atoms with van der Waals surface area (Å²) < 4.78 is 3.27. The van der Waals surface area contributed by atoms with Gasteiger partial charge in [0.15, 0.2) is 0 Å². The maximum atomic E-state index is 4.78. The van der Waals surface area contributed by atoms with E-state index in [-0.39, 0.29) is 0 Å². The average Bonchev–Trinajstić information content (AvgIpc) is 3.32. The summed E-state index contributed by atoms with van der Waals surface area (Å²) in [5.74, 6) is 1.52. The van der Waals surface area contributed by atoms with E-state index in [1.807, 2.05) is 30.3 Å². The molecule has 3 nitrogen and oxygen atoms in total. The number of hydrogen-bond acceptors (Lipinski definition) is 4. The lowest BCUT2D eigenvalue weighted by Crippen LogP contribution is -2.27. The lowest BCUT2D eigenvalue weighted by molar-refractivity contribution is 1.09. The van der Waals surface area contributed by atoms with Crippen molar-refractivity contribution in [3.63, 3.8) is 0 Å². The summed E-state index contributed by atoms with van der Waals surface area (Å²) in [4.78, 5) is 5.99. The highest BCUT2D eigenvalue weighted by molar-refractivity contribution is 7.98. The van der Waals surface area contributed by atoms with Gasteiger partial charge in [0.2, 0.25) is 5.96 Å². The van der Waals surface area contributed by atoms with Gasteiger partial charge in [-0.1, -0.05) is 30.3 Å². The molecule has 1 heterocycles. The highest BCUT2D eigenvalue weighted by Gasteiger charge is 2.28. The number of rotatable bonds is 2. The van der Waals surface area contributed by atoms with Crippen molar-refractivity contribution in [2.45, 2.75) is 23.7 Å². The fourth-order valence-corrected chi connectivity index (χ4v) is 3.12. The topological polar surface area (TPSA) is 36.4 Å². The number of anilines is 1. The smallest absolute Gasteiger partial charge is 0.211 e. The van der Waals surface area contributed by atoms with Crippen molar-refractivity contribution < 1.29 is 0 Å². The van der Waals surface area contributed by atoms with E-state index in [0.29, 0.717) is 5.92 Å². The lowest BCUT2D eigenvalue weighted by atomic mass is 10.1. The summed E-state index contributed by atoms with van der Waals surface area (Å²) in [5, 5.41) is 3.33. The van der Waals surface area contributed by atoms with E-state index in [1.54, 1.807) is 11.9 Å². The Morgan fingerprint density at radius 3 is 2.70 bits per heavy atom. The minimum atomic E-state index is 0.713. The highest BCUT2D eigenvalue weighted by Crippen LogP contribution is 2.47. The quantitative estimate of drug-likeness (QED) is 0.807. The molecule has 2 aliphatic rings. The third kappa shape index (κ3) is 2.27. The zero-order valence-corrected chi connectivity index (χ0v) is 11.8. The minimum Gasteiger partial charge on any atom is -0.325 e. The van der Waals surface area contributed by atoms with Gasteiger partial charge in [-0.25, -0.2) is 4.99 Å². The minimum absolute atomic E-state index is 0.713. The molecule has 0 amide bonds. The fraction of sp³-hybridized carbons (Fsp3) is 0.188. The average molecular weight is 281 g/mol. The summed E-state index contributed by atoms with van der Waals surface area (Å²) in [6.45, 7) is 0. The molecule has 0 saturated heterocycles. The number of guanidine groups is 1. The van der Waals surface area contributed by atoms with Crippen molar-refractivity contribution in [3.8, 4) is 0 Å². The molecule has 4 heteroatoms. The van der Waals surface area contributed by atoms with Gasteiger partial charge in [-0.15, -0.1) is 0 Å². The molecule has 4 rings (SSSR count). The first-order chi connectivity index (χ1) is 9.90. The lowest BCUT2D eigenvalue weighted by Gasteiger charge is -2.19. The SMILES string of the molecule is c1ccc(NC2=Nc3c(cccc3C3CC3)SN2)cc1. The van der Waals surface area contributed by atoms with E-state index in [2.05, 4.69) is 28.2 Å².